The van der Waals surface area contributed by atoms with Crippen LogP contribution in [0.25, 0.3) is 6.08 Å². The molecule has 3 atom stereocenters. The zero-order chi connectivity index (χ0) is 25.8. The fraction of sp³-hybridized carbons (Fsp3) is 0.400. The van der Waals surface area contributed by atoms with Gasteiger partial charge in [-0.25, -0.2) is 17.6 Å². The summed E-state index contributed by atoms with van der Waals surface area (Å²) in [6, 6.07) is 9.27. The van der Waals surface area contributed by atoms with Crippen molar-refractivity contribution in [3.05, 3.63) is 59.9 Å². The SMILES string of the molecule is C/C=C/c1ccc2c(c1)O[C@H](CN(C)C(=O)Nc1ccc(F)cc1)[C@@H](C)CN([C@@H](C)CO)S2(=O)=O. The number of hydrogen-bond acceptors (Lipinski definition) is 5. The van der Waals surface area contributed by atoms with Crippen LogP contribution in [0.4, 0.5) is 14.9 Å². The lowest BCUT2D eigenvalue weighted by molar-refractivity contribution is 0.0830. The average molecular weight is 506 g/mol. The highest BCUT2D eigenvalue weighted by atomic mass is 32.2. The van der Waals surface area contributed by atoms with E-state index in [0.29, 0.717) is 5.69 Å². The summed E-state index contributed by atoms with van der Waals surface area (Å²) >= 11 is 0. The molecule has 35 heavy (non-hydrogen) atoms. The van der Waals surface area contributed by atoms with E-state index in [1.165, 1.54) is 39.5 Å². The quantitative estimate of drug-likeness (QED) is 0.622. The van der Waals surface area contributed by atoms with Crippen LogP contribution in [-0.4, -0.2) is 67.7 Å². The lowest BCUT2D eigenvalue weighted by atomic mass is 10.0. The second-order valence-corrected chi connectivity index (χ2v) is 10.6. The number of carbonyl (C=O) groups is 1. The van der Waals surface area contributed by atoms with Crippen LogP contribution in [-0.2, 0) is 10.0 Å². The first-order valence-electron chi connectivity index (χ1n) is 11.4. The van der Waals surface area contributed by atoms with Crippen LogP contribution >= 0.6 is 0 Å². The van der Waals surface area contributed by atoms with E-state index >= 15 is 0 Å². The summed E-state index contributed by atoms with van der Waals surface area (Å²) in [6.45, 7) is 5.31. The molecule has 0 fully saturated rings. The van der Waals surface area contributed by atoms with Crippen LogP contribution in [0.1, 0.15) is 26.3 Å². The van der Waals surface area contributed by atoms with Crippen molar-refractivity contribution in [2.75, 3.05) is 32.1 Å². The molecule has 2 amide bonds. The summed E-state index contributed by atoms with van der Waals surface area (Å²) in [5.74, 6) is -0.515. The van der Waals surface area contributed by atoms with Gasteiger partial charge >= 0.3 is 6.03 Å². The van der Waals surface area contributed by atoms with Crippen molar-refractivity contribution >= 4 is 27.8 Å². The van der Waals surface area contributed by atoms with E-state index in [2.05, 4.69) is 5.32 Å². The molecular formula is C25H32FN3O5S. The fourth-order valence-corrected chi connectivity index (χ4v) is 5.69. The topological polar surface area (TPSA) is 99.2 Å². The van der Waals surface area contributed by atoms with Gasteiger partial charge in [0.05, 0.1) is 13.2 Å². The van der Waals surface area contributed by atoms with E-state index in [1.807, 2.05) is 26.0 Å². The number of hydrogen-bond donors (Lipinski definition) is 2. The summed E-state index contributed by atoms with van der Waals surface area (Å²) in [6.07, 6.45) is 3.14. The lowest BCUT2D eigenvalue weighted by Gasteiger charge is -2.37. The van der Waals surface area contributed by atoms with Crippen molar-refractivity contribution < 1.29 is 27.4 Å². The summed E-state index contributed by atoms with van der Waals surface area (Å²) in [7, 11) is -2.32. The van der Waals surface area contributed by atoms with Crippen molar-refractivity contribution in [1.82, 2.24) is 9.21 Å². The highest BCUT2D eigenvalue weighted by Gasteiger charge is 2.38. The average Bonchev–Trinajstić information content (AvgIpc) is 2.82. The molecule has 1 aliphatic rings. The molecule has 2 aromatic carbocycles. The third-order valence-corrected chi connectivity index (χ3v) is 7.97. The zero-order valence-corrected chi connectivity index (χ0v) is 21.1. The number of anilines is 1. The first-order chi connectivity index (χ1) is 16.6. The Hall–Kier alpha value is -2.95. The predicted molar refractivity (Wildman–Crippen MR) is 133 cm³/mol. The van der Waals surface area contributed by atoms with Crippen LogP contribution in [0.15, 0.2) is 53.4 Å². The number of fused-ring (bicyclic) bond motifs is 1. The Morgan fingerprint density at radius 2 is 2.00 bits per heavy atom. The van der Waals surface area contributed by atoms with Crippen LogP contribution in [0.5, 0.6) is 5.75 Å². The van der Waals surface area contributed by atoms with E-state index in [4.69, 9.17) is 4.74 Å². The van der Waals surface area contributed by atoms with Crippen molar-refractivity contribution in [2.45, 2.75) is 37.8 Å². The highest BCUT2D eigenvalue weighted by Crippen LogP contribution is 2.34. The van der Waals surface area contributed by atoms with E-state index in [9.17, 15) is 22.7 Å². The molecule has 2 aromatic rings. The molecule has 0 aliphatic carbocycles. The van der Waals surface area contributed by atoms with E-state index < -0.39 is 34.0 Å². The molecule has 0 unspecified atom stereocenters. The number of allylic oxidation sites excluding steroid dienone is 1. The number of likely N-dealkylation sites (N-methyl/N-ethyl adjacent to an activating group) is 1. The van der Waals surface area contributed by atoms with E-state index in [0.717, 1.165) is 5.56 Å². The van der Waals surface area contributed by atoms with Gasteiger partial charge in [0, 0.05) is 31.2 Å². The van der Waals surface area contributed by atoms with Gasteiger partial charge in [0.1, 0.15) is 22.6 Å². The Labute approximate surface area is 206 Å². The van der Waals surface area contributed by atoms with Gasteiger partial charge in [0.2, 0.25) is 10.0 Å². The molecule has 0 saturated carbocycles. The molecule has 0 saturated heterocycles. The van der Waals surface area contributed by atoms with Gasteiger partial charge in [0.15, 0.2) is 0 Å². The zero-order valence-electron chi connectivity index (χ0n) is 20.3. The Balaban J connectivity index is 1.92. The van der Waals surface area contributed by atoms with Crippen molar-refractivity contribution in [3.8, 4) is 5.75 Å². The Bertz CT molecular complexity index is 1170. The molecule has 2 N–H and O–H groups in total. The number of rotatable bonds is 6. The molecule has 1 heterocycles. The number of aliphatic hydroxyl groups excluding tert-OH is 1. The molecule has 0 aromatic heterocycles. The number of ether oxygens (including phenoxy) is 1. The molecular weight excluding hydrogens is 473 g/mol. The number of urea groups is 1. The summed E-state index contributed by atoms with van der Waals surface area (Å²) < 4.78 is 47.6. The van der Waals surface area contributed by atoms with Gasteiger partial charge in [-0.3, -0.25) is 0 Å². The minimum atomic E-state index is -3.93. The maximum Gasteiger partial charge on any atom is 0.321 e. The van der Waals surface area contributed by atoms with Gasteiger partial charge in [0.25, 0.3) is 0 Å². The molecule has 0 spiro atoms. The van der Waals surface area contributed by atoms with Crippen LogP contribution < -0.4 is 10.1 Å². The smallest absolute Gasteiger partial charge is 0.321 e. The standard InChI is InChI=1S/C25H32FN3O5S/c1-5-6-19-7-12-24-22(13-19)34-23(17(2)14-29(18(3)16-30)35(24,32)33)15-28(4)25(31)27-21-10-8-20(26)9-11-21/h5-13,17-18,23,30H,14-16H2,1-4H3,(H,27,31)/b6-5+/t17-,18-,23+/m0/s1. The molecule has 0 radical (unpaired) electrons. The van der Waals surface area contributed by atoms with Crippen LogP contribution in [0.2, 0.25) is 0 Å². The van der Waals surface area contributed by atoms with E-state index in [-0.39, 0.29) is 36.3 Å². The number of sulfonamides is 1. The van der Waals surface area contributed by atoms with Gasteiger partial charge in [-0.05, 0) is 55.8 Å². The fourth-order valence-electron chi connectivity index (χ4n) is 3.86. The molecule has 190 valence electrons. The third kappa shape index (κ3) is 6.19. The Morgan fingerprint density at radius 1 is 1.31 bits per heavy atom. The molecule has 0 bridgehead atoms. The molecule has 10 heteroatoms. The number of nitrogens with one attached hydrogen (secondary N) is 1. The minimum absolute atomic E-state index is 0.0152. The largest absolute Gasteiger partial charge is 0.487 e. The number of carbonyl (C=O) groups excluding carboxylic acids is 1. The number of nitrogens with zero attached hydrogens (tertiary/aromatic N) is 2. The lowest BCUT2D eigenvalue weighted by Crippen LogP contribution is -2.50. The van der Waals surface area contributed by atoms with Crippen LogP contribution in [0, 0.1) is 11.7 Å². The Kier molecular flexibility index (Phi) is 8.52. The second-order valence-electron chi connectivity index (χ2n) is 8.76. The van der Waals surface area contributed by atoms with E-state index in [1.54, 1.807) is 26.1 Å². The molecule has 8 nitrogen and oxygen atoms in total. The summed E-state index contributed by atoms with van der Waals surface area (Å²) in [5, 5.41) is 12.5. The number of benzene rings is 2. The van der Waals surface area contributed by atoms with Gasteiger partial charge < -0.3 is 20.1 Å². The van der Waals surface area contributed by atoms with Crippen molar-refractivity contribution in [2.24, 2.45) is 5.92 Å². The first kappa shape index (κ1) is 26.7. The monoisotopic (exact) mass is 505 g/mol. The molecule has 1 aliphatic heterocycles. The summed E-state index contributed by atoms with van der Waals surface area (Å²) in [5.41, 5.74) is 1.22. The number of aliphatic hydroxyl groups is 1. The Morgan fingerprint density at radius 3 is 2.63 bits per heavy atom. The normalized spacial score (nSPS) is 20.9. The highest BCUT2D eigenvalue weighted by molar-refractivity contribution is 7.89. The minimum Gasteiger partial charge on any atom is -0.487 e. The first-order valence-corrected chi connectivity index (χ1v) is 12.8. The number of amides is 2. The predicted octanol–water partition coefficient (Wildman–Crippen LogP) is 3.79. The van der Waals surface area contributed by atoms with Crippen molar-refractivity contribution in [1.29, 1.82) is 0 Å². The third-order valence-electron chi connectivity index (χ3n) is 5.95. The summed E-state index contributed by atoms with van der Waals surface area (Å²) in [4.78, 5) is 14.2. The van der Waals surface area contributed by atoms with Crippen LogP contribution in [0.3, 0.4) is 0 Å². The number of halogens is 1. The maximum absolute atomic E-state index is 13.5. The van der Waals surface area contributed by atoms with Gasteiger partial charge in [-0.1, -0.05) is 25.1 Å². The second kappa shape index (κ2) is 11.2. The van der Waals surface area contributed by atoms with Gasteiger partial charge in [-0.2, -0.15) is 4.31 Å². The van der Waals surface area contributed by atoms with Gasteiger partial charge in [-0.15, -0.1) is 0 Å². The van der Waals surface area contributed by atoms with Crippen molar-refractivity contribution in [3.63, 3.8) is 0 Å². The maximum atomic E-state index is 13.5. The molecule has 3 rings (SSSR count).